The predicted octanol–water partition coefficient (Wildman–Crippen LogP) is 3.41. The third kappa shape index (κ3) is 3.73. The Balaban J connectivity index is 1.75. The molecule has 1 amide bonds. The van der Waals surface area contributed by atoms with Gasteiger partial charge < -0.3 is 5.32 Å². The van der Waals surface area contributed by atoms with Gasteiger partial charge in [-0.2, -0.15) is 17.6 Å². The van der Waals surface area contributed by atoms with Gasteiger partial charge in [0.05, 0.1) is 6.20 Å². The van der Waals surface area contributed by atoms with Crippen molar-refractivity contribution in [2.24, 2.45) is 0 Å². The Labute approximate surface area is 168 Å². The molecule has 1 unspecified atom stereocenters. The van der Waals surface area contributed by atoms with Gasteiger partial charge in [0.25, 0.3) is 0 Å². The van der Waals surface area contributed by atoms with Crippen LogP contribution in [0, 0.1) is 5.82 Å². The Bertz CT molecular complexity index is 1190. The van der Waals surface area contributed by atoms with Crippen LogP contribution in [0.15, 0.2) is 73.1 Å². The smallest absolute Gasteiger partial charge is 0.325 e. The third-order valence-electron chi connectivity index (χ3n) is 4.60. The summed E-state index contributed by atoms with van der Waals surface area (Å²) >= 11 is 0. The highest BCUT2D eigenvalue weighted by Crippen LogP contribution is 2.31. The molecule has 0 spiro atoms. The van der Waals surface area contributed by atoms with Crippen molar-refractivity contribution >= 4 is 11.4 Å². The number of aromatic nitrogens is 3. The van der Waals surface area contributed by atoms with Gasteiger partial charge >= 0.3 is 17.9 Å². The monoisotopic (exact) mass is 416 g/mol. The summed E-state index contributed by atoms with van der Waals surface area (Å²) < 4.78 is 55.6. The summed E-state index contributed by atoms with van der Waals surface area (Å²) in [6.07, 6.45) is -1.79. The number of fused-ring (bicyclic) bond motifs is 1. The predicted molar refractivity (Wildman–Crippen MR) is 98.6 cm³/mol. The normalized spacial score (nSPS) is 12.7. The number of rotatable bonds is 4. The zero-order chi connectivity index (χ0) is 21.3. The van der Waals surface area contributed by atoms with Gasteiger partial charge in [-0.05, 0) is 36.4 Å². The number of H-pyrrole nitrogens is 2. The molecule has 0 fully saturated rings. The summed E-state index contributed by atoms with van der Waals surface area (Å²) in [7, 11) is 0. The molecule has 9 heteroatoms. The van der Waals surface area contributed by atoms with Crippen LogP contribution >= 0.6 is 0 Å². The summed E-state index contributed by atoms with van der Waals surface area (Å²) in [5.41, 5.74) is 1.43. The maximum atomic E-state index is 13.6. The van der Waals surface area contributed by atoms with Gasteiger partial charge in [0.15, 0.2) is 17.4 Å². The molecule has 0 bridgehead atoms. The fourth-order valence-electron chi connectivity index (χ4n) is 3.21. The van der Waals surface area contributed by atoms with Crippen molar-refractivity contribution in [2.75, 3.05) is 0 Å². The minimum atomic E-state index is -4.71. The number of alkyl halides is 3. The maximum absolute atomic E-state index is 13.6. The number of pyridine rings is 2. The van der Waals surface area contributed by atoms with E-state index in [2.05, 4.69) is 9.97 Å². The van der Waals surface area contributed by atoms with Crippen LogP contribution in [-0.2, 0) is 0 Å². The molecular weight excluding hydrogens is 400 g/mol. The second-order valence-corrected chi connectivity index (χ2v) is 6.58. The molecule has 1 atom stereocenters. The molecule has 1 aromatic carbocycles. The molecule has 3 heterocycles. The SMILES string of the molecule is O=C(NC(c1cccc[nH+]1)C(F)(F)F)c1[nH]c(-c2ccc(F)cc2)c2cccc[n+]12. The first-order valence-electron chi connectivity index (χ1n) is 8.97. The summed E-state index contributed by atoms with van der Waals surface area (Å²) in [5, 5.41) is 2.05. The number of hydrogen-bond donors (Lipinski definition) is 2. The number of hydrogen-bond acceptors (Lipinski definition) is 1. The maximum Gasteiger partial charge on any atom is 0.418 e. The molecule has 3 N–H and O–H groups in total. The van der Waals surface area contributed by atoms with Crippen LogP contribution in [-0.4, -0.2) is 17.1 Å². The van der Waals surface area contributed by atoms with Gasteiger partial charge in [0.1, 0.15) is 5.82 Å². The lowest BCUT2D eigenvalue weighted by atomic mass is 10.1. The molecule has 0 saturated heterocycles. The average molecular weight is 416 g/mol. The van der Waals surface area contributed by atoms with E-state index in [1.165, 1.54) is 47.0 Å². The zero-order valence-corrected chi connectivity index (χ0v) is 15.4. The van der Waals surface area contributed by atoms with E-state index < -0.39 is 23.9 Å². The van der Waals surface area contributed by atoms with E-state index in [1.54, 1.807) is 30.5 Å². The lowest BCUT2D eigenvalue weighted by molar-refractivity contribution is -0.514. The lowest BCUT2D eigenvalue weighted by Crippen LogP contribution is -2.44. The molecule has 3 aromatic heterocycles. The molecule has 0 aliphatic rings. The third-order valence-corrected chi connectivity index (χ3v) is 4.60. The molecule has 0 aliphatic heterocycles. The number of halogens is 4. The fraction of sp³-hybridized carbons (Fsp3) is 0.0952. The molecule has 152 valence electrons. The zero-order valence-electron chi connectivity index (χ0n) is 15.4. The van der Waals surface area contributed by atoms with Crippen molar-refractivity contribution in [2.45, 2.75) is 12.2 Å². The van der Waals surface area contributed by atoms with Crippen molar-refractivity contribution in [3.8, 4) is 11.3 Å². The van der Waals surface area contributed by atoms with Gasteiger partial charge in [0, 0.05) is 17.7 Å². The van der Waals surface area contributed by atoms with E-state index in [4.69, 9.17) is 0 Å². The average Bonchev–Trinajstić information content (AvgIpc) is 3.12. The number of imidazole rings is 1. The number of nitrogens with one attached hydrogen (secondary N) is 3. The fourth-order valence-corrected chi connectivity index (χ4v) is 3.21. The van der Waals surface area contributed by atoms with Crippen LogP contribution in [0.4, 0.5) is 17.6 Å². The largest absolute Gasteiger partial charge is 0.418 e. The highest BCUT2D eigenvalue weighted by molar-refractivity contribution is 5.91. The van der Waals surface area contributed by atoms with Crippen LogP contribution < -0.4 is 14.7 Å². The highest BCUT2D eigenvalue weighted by atomic mass is 19.4. The van der Waals surface area contributed by atoms with Gasteiger partial charge in [-0.15, -0.1) is 0 Å². The van der Waals surface area contributed by atoms with E-state index in [0.717, 1.165) is 0 Å². The summed E-state index contributed by atoms with van der Waals surface area (Å²) in [4.78, 5) is 18.3. The van der Waals surface area contributed by atoms with Crippen LogP contribution in [0.1, 0.15) is 22.4 Å². The number of aromatic amines is 2. The first kappa shape index (κ1) is 19.6. The molecule has 0 saturated carbocycles. The Morgan fingerprint density at radius 2 is 1.77 bits per heavy atom. The molecular formula is C21H16F4N4O+2. The molecule has 4 aromatic rings. The second-order valence-electron chi connectivity index (χ2n) is 6.58. The Morgan fingerprint density at radius 3 is 2.43 bits per heavy atom. The Kier molecular flexibility index (Phi) is 4.94. The molecule has 4 rings (SSSR count). The van der Waals surface area contributed by atoms with E-state index in [-0.39, 0.29) is 11.5 Å². The van der Waals surface area contributed by atoms with Gasteiger partial charge in [-0.1, -0.05) is 12.1 Å². The first-order chi connectivity index (χ1) is 14.3. The Hall–Kier alpha value is -3.75. The number of nitrogens with zero attached hydrogens (tertiary/aromatic N) is 1. The molecule has 0 aliphatic carbocycles. The quantitative estimate of drug-likeness (QED) is 0.389. The summed E-state index contributed by atoms with van der Waals surface area (Å²) in [5.74, 6) is -1.45. The van der Waals surface area contributed by atoms with E-state index in [1.807, 2.05) is 5.32 Å². The van der Waals surface area contributed by atoms with Crippen molar-refractivity contribution in [1.82, 2.24) is 10.3 Å². The second kappa shape index (κ2) is 7.58. The Morgan fingerprint density at radius 1 is 1.03 bits per heavy atom. The minimum absolute atomic E-state index is 0.0879. The van der Waals surface area contributed by atoms with Crippen LogP contribution in [0.2, 0.25) is 0 Å². The van der Waals surface area contributed by atoms with Crippen LogP contribution in [0.3, 0.4) is 0 Å². The number of benzene rings is 1. The van der Waals surface area contributed by atoms with Crippen molar-refractivity contribution in [3.05, 3.63) is 90.4 Å². The highest BCUT2D eigenvalue weighted by Gasteiger charge is 2.46. The minimum Gasteiger partial charge on any atom is -0.325 e. The van der Waals surface area contributed by atoms with Gasteiger partial charge in [-0.3, -0.25) is 4.79 Å². The van der Waals surface area contributed by atoms with Gasteiger partial charge in [-0.25, -0.2) is 14.4 Å². The van der Waals surface area contributed by atoms with Gasteiger partial charge in [0.2, 0.25) is 11.7 Å². The lowest BCUT2D eigenvalue weighted by Gasteiger charge is -2.17. The van der Waals surface area contributed by atoms with E-state index in [9.17, 15) is 22.4 Å². The summed E-state index contributed by atoms with van der Waals surface area (Å²) in [6.45, 7) is 0. The standard InChI is InChI=1S/C21H14F4N4O/c22-14-9-7-13(8-10-14)17-16-6-2-4-12-29(16)19(27-17)20(30)28-18(21(23,24)25)15-5-1-3-11-26-15/h1-12,18H,(H,28,30)/p+2. The molecule has 0 radical (unpaired) electrons. The summed E-state index contributed by atoms with van der Waals surface area (Å²) in [6, 6.07) is 12.7. The first-order valence-corrected chi connectivity index (χ1v) is 8.97. The molecule has 30 heavy (non-hydrogen) atoms. The van der Waals surface area contributed by atoms with Crippen molar-refractivity contribution < 1.29 is 31.7 Å². The van der Waals surface area contributed by atoms with Crippen molar-refractivity contribution in [1.29, 1.82) is 0 Å². The molecule has 5 nitrogen and oxygen atoms in total. The number of carbonyl (C=O) groups excluding carboxylic acids is 1. The van der Waals surface area contributed by atoms with Crippen LogP contribution in [0.25, 0.3) is 16.8 Å². The van der Waals surface area contributed by atoms with Crippen LogP contribution in [0.5, 0.6) is 0 Å². The number of amides is 1. The van der Waals surface area contributed by atoms with E-state index >= 15 is 0 Å². The topological polar surface area (TPSA) is 63.1 Å². The number of carbonyl (C=O) groups is 1. The van der Waals surface area contributed by atoms with Crippen molar-refractivity contribution in [3.63, 3.8) is 0 Å². The van der Waals surface area contributed by atoms with E-state index in [0.29, 0.717) is 16.8 Å².